The van der Waals surface area contributed by atoms with E-state index in [1.807, 2.05) is 11.0 Å². The summed E-state index contributed by atoms with van der Waals surface area (Å²) in [5.74, 6) is 0.992. The van der Waals surface area contributed by atoms with Gasteiger partial charge in [-0.25, -0.2) is 4.98 Å². The Labute approximate surface area is 208 Å². The van der Waals surface area contributed by atoms with E-state index in [9.17, 15) is 4.79 Å². The highest BCUT2D eigenvalue weighted by atomic mass is 35.5. The average molecular weight is 483 g/mol. The Bertz CT molecular complexity index is 1180. The van der Waals surface area contributed by atoms with Crippen LogP contribution in [-0.2, 0) is 24.2 Å². The fourth-order valence-corrected chi connectivity index (χ4v) is 5.37. The quantitative estimate of drug-likeness (QED) is 0.518. The first-order chi connectivity index (χ1) is 16.1. The number of pyridine rings is 1. The molecule has 1 fully saturated rings. The Hall–Kier alpha value is -2.57. The number of fused-ring (bicyclic) bond motifs is 2. The third kappa shape index (κ3) is 4.41. The minimum Gasteiger partial charge on any atom is -0.383 e. The van der Waals surface area contributed by atoms with Crippen molar-refractivity contribution >= 4 is 35.0 Å². The molecule has 0 radical (unpaired) electrons. The van der Waals surface area contributed by atoms with Crippen molar-refractivity contribution < 1.29 is 9.53 Å². The molecule has 34 heavy (non-hydrogen) atoms. The summed E-state index contributed by atoms with van der Waals surface area (Å²) >= 11 is 0. The molecule has 0 aliphatic carbocycles. The third-order valence-electron chi connectivity index (χ3n) is 7.41. The van der Waals surface area contributed by atoms with Gasteiger partial charge >= 0.3 is 0 Å². The largest absolute Gasteiger partial charge is 0.383 e. The number of halogens is 1. The van der Waals surface area contributed by atoms with E-state index >= 15 is 0 Å². The molecule has 1 aromatic carbocycles. The zero-order chi connectivity index (χ0) is 22.9. The predicted octanol–water partition coefficient (Wildman–Crippen LogP) is 4.91. The number of hydrogen-bond acceptors (Lipinski definition) is 4. The third-order valence-corrected chi connectivity index (χ3v) is 7.41. The summed E-state index contributed by atoms with van der Waals surface area (Å²) in [6, 6.07) is 10.7. The van der Waals surface area contributed by atoms with Gasteiger partial charge in [0.1, 0.15) is 5.69 Å². The van der Waals surface area contributed by atoms with Crippen LogP contribution in [0.3, 0.4) is 0 Å². The van der Waals surface area contributed by atoms with Crippen LogP contribution in [0.2, 0.25) is 0 Å². The Balaban J connectivity index is 0.00000274. The van der Waals surface area contributed by atoms with Crippen LogP contribution in [0.4, 0.5) is 5.82 Å². The zero-order valence-corrected chi connectivity index (χ0v) is 21.3. The van der Waals surface area contributed by atoms with Gasteiger partial charge in [0, 0.05) is 50.9 Å². The first-order valence-electron chi connectivity index (χ1n) is 12.2. The van der Waals surface area contributed by atoms with Crippen molar-refractivity contribution in [1.29, 1.82) is 0 Å². The lowest BCUT2D eigenvalue weighted by Gasteiger charge is -2.31. The van der Waals surface area contributed by atoms with Gasteiger partial charge < -0.3 is 19.1 Å². The first kappa shape index (κ1) is 24.6. The number of rotatable bonds is 5. The molecule has 6 nitrogen and oxygen atoms in total. The summed E-state index contributed by atoms with van der Waals surface area (Å²) in [6.45, 7) is 9.10. The van der Waals surface area contributed by atoms with E-state index in [4.69, 9.17) is 9.72 Å². The molecular weight excluding hydrogens is 448 g/mol. The van der Waals surface area contributed by atoms with E-state index in [0.29, 0.717) is 12.3 Å². The average Bonchev–Trinajstić information content (AvgIpc) is 3.11. The number of aromatic nitrogens is 2. The maximum atomic E-state index is 13.5. The molecule has 4 heterocycles. The molecule has 0 atom stereocenters. The van der Waals surface area contributed by atoms with E-state index in [-0.39, 0.29) is 18.3 Å². The zero-order valence-electron chi connectivity index (χ0n) is 20.5. The summed E-state index contributed by atoms with van der Waals surface area (Å²) in [7, 11) is 1.74. The molecule has 5 rings (SSSR count). The SMILES string of the molecule is COCCn1c(C)c(C)c2cc(C(=O)N3CCCCC3)nc(N3CCc4ccccc4C3)c21.Cl. The number of carbonyl (C=O) groups is 1. The van der Waals surface area contributed by atoms with Crippen LogP contribution in [0.1, 0.15) is 52.1 Å². The van der Waals surface area contributed by atoms with Crippen LogP contribution in [0.15, 0.2) is 30.3 Å². The molecule has 0 saturated carbocycles. The van der Waals surface area contributed by atoms with Gasteiger partial charge in [-0.2, -0.15) is 0 Å². The van der Waals surface area contributed by atoms with Crippen LogP contribution < -0.4 is 4.90 Å². The number of methoxy groups -OCH3 is 1. The van der Waals surface area contributed by atoms with E-state index < -0.39 is 0 Å². The van der Waals surface area contributed by atoms with E-state index in [1.165, 1.54) is 28.8 Å². The van der Waals surface area contributed by atoms with Crippen molar-refractivity contribution in [1.82, 2.24) is 14.5 Å². The number of piperidine rings is 1. The van der Waals surface area contributed by atoms with Crippen molar-refractivity contribution in [3.63, 3.8) is 0 Å². The summed E-state index contributed by atoms with van der Waals surface area (Å²) in [5.41, 5.74) is 6.88. The maximum Gasteiger partial charge on any atom is 0.272 e. The summed E-state index contributed by atoms with van der Waals surface area (Å²) in [6.07, 6.45) is 4.35. The number of aryl methyl sites for hydroxylation is 1. The highest BCUT2D eigenvalue weighted by molar-refractivity contribution is 6.01. The fourth-order valence-electron chi connectivity index (χ4n) is 5.37. The normalized spacial score (nSPS) is 15.9. The number of hydrogen-bond donors (Lipinski definition) is 0. The summed E-state index contributed by atoms with van der Waals surface area (Å²) in [4.78, 5) is 22.9. The number of benzene rings is 1. The van der Waals surface area contributed by atoms with Crippen LogP contribution in [-0.4, -0.2) is 53.7 Å². The number of nitrogens with zero attached hydrogens (tertiary/aromatic N) is 4. The molecule has 0 spiro atoms. The van der Waals surface area contributed by atoms with Gasteiger partial charge in [0.25, 0.3) is 5.91 Å². The minimum absolute atomic E-state index is 0. The van der Waals surface area contributed by atoms with Gasteiger partial charge in [-0.3, -0.25) is 4.79 Å². The van der Waals surface area contributed by atoms with Crippen molar-refractivity contribution in [2.75, 3.05) is 38.3 Å². The predicted molar refractivity (Wildman–Crippen MR) is 139 cm³/mol. The second kappa shape index (κ2) is 10.4. The number of ether oxygens (including phenoxy) is 1. The molecule has 1 saturated heterocycles. The highest BCUT2D eigenvalue weighted by Crippen LogP contribution is 2.35. The van der Waals surface area contributed by atoms with Gasteiger partial charge in [0.05, 0.1) is 12.1 Å². The van der Waals surface area contributed by atoms with Gasteiger partial charge in [0.15, 0.2) is 5.82 Å². The number of amides is 1. The lowest BCUT2D eigenvalue weighted by atomic mass is 9.99. The monoisotopic (exact) mass is 482 g/mol. The van der Waals surface area contributed by atoms with Crippen LogP contribution >= 0.6 is 12.4 Å². The Kier molecular flexibility index (Phi) is 7.48. The molecule has 3 aromatic rings. The van der Waals surface area contributed by atoms with Crippen molar-refractivity contribution in [2.24, 2.45) is 0 Å². The standard InChI is InChI=1S/C27H34N4O2.ClH/c1-19-20(2)31(15-16-33-3)25-23(19)17-24(27(32)29-12-7-4-8-13-29)28-26(25)30-14-11-21-9-5-6-10-22(21)18-30;/h5-6,9-10,17H,4,7-8,11-16,18H2,1-3H3;1H. The van der Waals surface area contributed by atoms with E-state index in [0.717, 1.165) is 68.7 Å². The summed E-state index contributed by atoms with van der Waals surface area (Å²) < 4.78 is 7.74. The van der Waals surface area contributed by atoms with Crippen molar-refractivity contribution in [3.8, 4) is 0 Å². The lowest BCUT2D eigenvalue weighted by molar-refractivity contribution is 0.0718. The highest BCUT2D eigenvalue weighted by Gasteiger charge is 2.27. The van der Waals surface area contributed by atoms with Gasteiger partial charge in [-0.15, -0.1) is 12.4 Å². The van der Waals surface area contributed by atoms with Crippen molar-refractivity contribution in [2.45, 2.75) is 52.6 Å². The van der Waals surface area contributed by atoms with E-state index in [2.05, 4.69) is 47.6 Å². The van der Waals surface area contributed by atoms with Crippen LogP contribution in [0.25, 0.3) is 10.9 Å². The lowest BCUT2D eigenvalue weighted by Crippen LogP contribution is -2.37. The molecule has 2 aromatic heterocycles. The van der Waals surface area contributed by atoms with Crippen molar-refractivity contribution in [3.05, 3.63) is 58.4 Å². The molecule has 2 aliphatic rings. The molecular formula is C27H35ClN4O2. The Morgan fingerprint density at radius 3 is 2.53 bits per heavy atom. The molecule has 2 aliphatic heterocycles. The minimum atomic E-state index is 0. The fraction of sp³-hybridized carbons (Fsp3) is 0.481. The Morgan fingerprint density at radius 1 is 1.06 bits per heavy atom. The topological polar surface area (TPSA) is 50.6 Å². The first-order valence-corrected chi connectivity index (χ1v) is 12.2. The van der Waals surface area contributed by atoms with E-state index in [1.54, 1.807) is 7.11 Å². The van der Waals surface area contributed by atoms with Crippen LogP contribution in [0, 0.1) is 13.8 Å². The number of carbonyl (C=O) groups excluding carboxylic acids is 1. The summed E-state index contributed by atoms with van der Waals surface area (Å²) in [5, 5.41) is 1.13. The molecule has 0 N–H and O–H groups in total. The van der Waals surface area contributed by atoms with Gasteiger partial charge in [0.2, 0.25) is 0 Å². The van der Waals surface area contributed by atoms with Gasteiger partial charge in [-0.05, 0) is 62.3 Å². The number of anilines is 1. The second-order valence-electron chi connectivity index (χ2n) is 9.38. The molecule has 182 valence electrons. The smallest absolute Gasteiger partial charge is 0.272 e. The molecule has 0 unspecified atom stereocenters. The molecule has 7 heteroatoms. The maximum absolute atomic E-state index is 13.5. The van der Waals surface area contributed by atoms with Crippen LogP contribution in [0.5, 0.6) is 0 Å². The van der Waals surface area contributed by atoms with Gasteiger partial charge in [-0.1, -0.05) is 24.3 Å². The Morgan fingerprint density at radius 2 is 1.79 bits per heavy atom. The number of likely N-dealkylation sites (tertiary alicyclic amines) is 1. The second-order valence-corrected chi connectivity index (χ2v) is 9.38. The molecule has 1 amide bonds. The molecule has 0 bridgehead atoms.